The van der Waals surface area contributed by atoms with Crippen molar-refractivity contribution >= 4 is 5.91 Å². The molecule has 3 heteroatoms. The van der Waals surface area contributed by atoms with Crippen LogP contribution < -0.4 is 11.1 Å². The number of nitrogens with one attached hydrogen (secondary N) is 1. The van der Waals surface area contributed by atoms with E-state index in [-0.39, 0.29) is 5.92 Å². The lowest BCUT2D eigenvalue weighted by Gasteiger charge is -2.35. The standard InChI is InChI=1S/C16H30N2O/c1-11-3-8-15(12(2)9-11)18-16(19)14-6-4-13(10-17)5-7-14/h11-15H,3-10,17H2,1-2H3,(H,18,19). The van der Waals surface area contributed by atoms with Crippen LogP contribution in [0, 0.1) is 23.7 Å². The van der Waals surface area contributed by atoms with Crippen LogP contribution in [0.2, 0.25) is 0 Å². The molecule has 0 aromatic rings. The van der Waals surface area contributed by atoms with E-state index in [4.69, 9.17) is 5.73 Å². The fourth-order valence-electron chi connectivity index (χ4n) is 3.84. The smallest absolute Gasteiger partial charge is 0.223 e. The van der Waals surface area contributed by atoms with Gasteiger partial charge in [0.15, 0.2) is 0 Å². The topological polar surface area (TPSA) is 55.1 Å². The second-order valence-corrected chi connectivity index (χ2v) is 6.96. The quantitative estimate of drug-likeness (QED) is 0.825. The molecule has 0 spiro atoms. The Labute approximate surface area is 117 Å². The van der Waals surface area contributed by atoms with Crippen molar-refractivity contribution in [1.82, 2.24) is 5.32 Å². The van der Waals surface area contributed by atoms with Crippen molar-refractivity contribution in [3.8, 4) is 0 Å². The zero-order valence-electron chi connectivity index (χ0n) is 12.5. The molecule has 2 rings (SSSR count). The number of carbonyl (C=O) groups is 1. The highest BCUT2D eigenvalue weighted by molar-refractivity contribution is 5.79. The van der Waals surface area contributed by atoms with Gasteiger partial charge in [0.05, 0.1) is 0 Å². The largest absolute Gasteiger partial charge is 0.353 e. The van der Waals surface area contributed by atoms with Gasteiger partial charge < -0.3 is 11.1 Å². The van der Waals surface area contributed by atoms with Gasteiger partial charge in [-0.15, -0.1) is 0 Å². The van der Waals surface area contributed by atoms with Crippen LogP contribution in [0.25, 0.3) is 0 Å². The second kappa shape index (κ2) is 6.74. The summed E-state index contributed by atoms with van der Waals surface area (Å²) in [5.74, 6) is 2.66. The fourth-order valence-corrected chi connectivity index (χ4v) is 3.84. The summed E-state index contributed by atoms with van der Waals surface area (Å²) in [7, 11) is 0. The number of carbonyl (C=O) groups excluding carboxylic acids is 1. The third kappa shape index (κ3) is 3.95. The van der Waals surface area contributed by atoms with Gasteiger partial charge in [0.1, 0.15) is 0 Å². The molecular formula is C16H30N2O. The minimum atomic E-state index is 0.245. The summed E-state index contributed by atoms with van der Waals surface area (Å²) in [6.07, 6.45) is 8.00. The lowest BCUT2D eigenvalue weighted by atomic mass is 9.78. The zero-order valence-corrected chi connectivity index (χ0v) is 12.5. The van der Waals surface area contributed by atoms with E-state index in [9.17, 15) is 4.79 Å². The summed E-state index contributed by atoms with van der Waals surface area (Å²) in [4.78, 5) is 12.3. The Morgan fingerprint density at radius 3 is 2.37 bits per heavy atom. The molecule has 3 unspecified atom stereocenters. The van der Waals surface area contributed by atoms with E-state index in [1.165, 1.54) is 12.8 Å². The first-order valence-corrected chi connectivity index (χ1v) is 8.10. The first kappa shape index (κ1) is 14.8. The highest BCUT2D eigenvalue weighted by atomic mass is 16.1. The summed E-state index contributed by atoms with van der Waals surface area (Å²) < 4.78 is 0. The van der Waals surface area contributed by atoms with Crippen molar-refractivity contribution in [3.05, 3.63) is 0 Å². The van der Waals surface area contributed by atoms with Crippen molar-refractivity contribution in [1.29, 1.82) is 0 Å². The van der Waals surface area contributed by atoms with Crippen molar-refractivity contribution in [2.75, 3.05) is 6.54 Å². The molecular weight excluding hydrogens is 236 g/mol. The highest BCUT2D eigenvalue weighted by Gasteiger charge is 2.30. The number of hydrogen-bond donors (Lipinski definition) is 2. The van der Waals surface area contributed by atoms with E-state index >= 15 is 0 Å². The third-order valence-corrected chi connectivity index (χ3v) is 5.31. The van der Waals surface area contributed by atoms with Gasteiger partial charge in [-0.2, -0.15) is 0 Å². The Balaban J connectivity index is 1.78. The van der Waals surface area contributed by atoms with Crippen LogP contribution in [-0.4, -0.2) is 18.5 Å². The monoisotopic (exact) mass is 266 g/mol. The molecule has 0 aromatic carbocycles. The Kier molecular flexibility index (Phi) is 5.26. The maximum Gasteiger partial charge on any atom is 0.223 e. The third-order valence-electron chi connectivity index (χ3n) is 5.31. The van der Waals surface area contributed by atoms with E-state index in [0.29, 0.717) is 23.8 Å². The molecule has 0 aliphatic heterocycles. The SMILES string of the molecule is CC1CCC(NC(=O)C2CCC(CN)CC2)C(C)C1. The van der Waals surface area contributed by atoms with Crippen LogP contribution in [0.5, 0.6) is 0 Å². The number of rotatable bonds is 3. The molecule has 2 saturated carbocycles. The van der Waals surface area contributed by atoms with E-state index < -0.39 is 0 Å². The fraction of sp³-hybridized carbons (Fsp3) is 0.938. The number of hydrogen-bond acceptors (Lipinski definition) is 2. The van der Waals surface area contributed by atoms with Crippen LogP contribution in [0.15, 0.2) is 0 Å². The zero-order chi connectivity index (χ0) is 13.8. The van der Waals surface area contributed by atoms with Gasteiger partial charge in [-0.05, 0) is 69.2 Å². The average Bonchev–Trinajstić information content (AvgIpc) is 2.42. The maximum absolute atomic E-state index is 12.3. The van der Waals surface area contributed by atoms with Crippen molar-refractivity contribution in [3.63, 3.8) is 0 Å². The molecule has 110 valence electrons. The summed E-state index contributed by atoms with van der Waals surface area (Å²) in [6.45, 7) is 5.39. The molecule has 0 aromatic heterocycles. The van der Waals surface area contributed by atoms with Crippen molar-refractivity contribution < 1.29 is 4.79 Å². The Morgan fingerprint density at radius 1 is 1.11 bits per heavy atom. The molecule has 0 radical (unpaired) electrons. The molecule has 0 heterocycles. The summed E-state index contributed by atoms with van der Waals surface area (Å²) >= 11 is 0. The molecule has 3 nitrogen and oxygen atoms in total. The van der Waals surface area contributed by atoms with Gasteiger partial charge >= 0.3 is 0 Å². The molecule has 3 atom stereocenters. The predicted molar refractivity (Wildman–Crippen MR) is 78.6 cm³/mol. The van der Waals surface area contributed by atoms with Crippen LogP contribution in [0.3, 0.4) is 0 Å². The first-order chi connectivity index (χ1) is 9.10. The minimum Gasteiger partial charge on any atom is -0.353 e. The van der Waals surface area contributed by atoms with Gasteiger partial charge in [0.25, 0.3) is 0 Å². The van der Waals surface area contributed by atoms with E-state index in [0.717, 1.165) is 44.6 Å². The van der Waals surface area contributed by atoms with Crippen LogP contribution in [-0.2, 0) is 4.79 Å². The minimum absolute atomic E-state index is 0.245. The van der Waals surface area contributed by atoms with Gasteiger partial charge in [-0.25, -0.2) is 0 Å². The Morgan fingerprint density at radius 2 is 1.79 bits per heavy atom. The highest BCUT2D eigenvalue weighted by Crippen LogP contribution is 2.31. The van der Waals surface area contributed by atoms with E-state index in [1.54, 1.807) is 0 Å². The maximum atomic E-state index is 12.3. The van der Waals surface area contributed by atoms with Crippen LogP contribution in [0.4, 0.5) is 0 Å². The summed E-state index contributed by atoms with van der Waals surface area (Å²) in [6, 6.07) is 0.413. The molecule has 19 heavy (non-hydrogen) atoms. The van der Waals surface area contributed by atoms with Gasteiger partial charge in [-0.3, -0.25) is 4.79 Å². The normalized spacial score (nSPS) is 39.8. The molecule has 3 N–H and O–H groups in total. The van der Waals surface area contributed by atoms with Gasteiger partial charge in [-0.1, -0.05) is 13.8 Å². The lowest BCUT2D eigenvalue weighted by Crippen LogP contribution is -2.45. The van der Waals surface area contributed by atoms with E-state index in [2.05, 4.69) is 19.2 Å². The van der Waals surface area contributed by atoms with Crippen molar-refractivity contribution in [2.24, 2.45) is 29.4 Å². The van der Waals surface area contributed by atoms with E-state index in [1.807, 2.05) is 0 Å². The van der Waals surface area contributed by atoms with Gasteiger partial charge in [0.2, 0.25) is 5.91 Å². The number of nitrogens with two attached hydrogens (primary N) is 1. The molecule has 2 aliphatic rings. The Bertz CT molecular complexity index is 297. The Hall–Kier alpha value is -0.570. The second-order valence-electron chi connectivity index (χ2n) is 6.96. The number of amides is 1. The predicted octanol–water partition coefficient (Wildman–Crippen LogP) is 2.69. The van der Waals surface area contributed by atoms with Gasteiger partial charge in [0, 0.05) is 12.0 Å². The molecule has 0 saturated heterocycles. The molecule has 1 amide bonds. The molecule has 0 bridgehead atoms. The average molecular weight is 266 g/mol. The summed E-state index contributed by atoms with van der Waals surface area (Å²) in [5.41, 5.74) is 5.70. The van der Waals surface area contributed by atoms with Crippen LogP contribution >= 0.6 is 0 Å². The molecule has 2 fully saturated rings. The van der Waals surface area contributed by atoms with Crippen molar-refractivity contribution in [2.45, 2.75) is 64.8 Å². The van der Waals surface area contributed by atoms with Crippen LogP contribution in [0.1, 0.15) is 58.8 Å². The summed E-state index contributed by atoms with van der Waals surface area (Å²) in [5, 5.41) is 3.32. The first-order valence-electron chi connectivity index (χ1n) is 8.10. The lowest BCUT2D eigenvalue weighted by molar-refractivity contribution is -0.127. The molecule has 2 aliphatic carbocycles.